The van der Waals surface area contributed by atoms with Crippen molar-refractivity contribution in [1.82, 2.24) is 0 Å². The molecule has 0 N–H and O–H groups in total. The van der Waals surface area contributed by atoms with Crippen molar-refractivity contribution in [2.45, 2.75) is 25.7 Å². The maximum atomic E-state index is 2.28. The minimum Gasteiger partial charge on any atom is -0.0622 e. The second-order valence-corrected chi connectivity index (χ2v) is 6.08. The third kappa shape index (κ3) is 3.12. The molecule has 0 heterocycles. The van der Waals surface area contributed by atoms with E-state index in [2.05, 4.69) is 98.8 Å². The van der Waals surface area contributed by atoms with Gasteiger partial charge in [0.05, 0.1) is 0 Å². The van der Waals surface area contributed by atoms with Gasteiger partial charge < -0.3 is 0 Å². The normalized spacial score (nSPS) is 11.1. The van der Waals surface area contributed by atoms with Gasteiger partial charge in [0.25, 0.3) is 0 Å². The first-order valence-corrected chi connectivity index (χ1v) is 7.95. The molecule has 0 radical (unpaired) electrons. The first-order chi connectivity index (χ1) is 10.8. The Morgan fingerprint density at radius 2 is 0.818 bits per heavy atom. The minimum atomic E-state index is 0.295. The predicted octanol–water partition coefficient (Wildman–Crippen LogP) is 5.99. The quantitative estimate of drug-likeness (QED) is 0.517. The predicted molar refractivity (Wildman–Crippen MR) is 94.4 cm³/mol. The highest BCUT2D eigenvalue weighted by Gasteiger charge is 2.16. The van der Waals surface area contributed by atoms with E-state index in [9.17, 15) is 0 Å². The van der Waals surface area contributed by atoms with Crippen molar-refractivity contribution in [2.24, 2.45) is 0 Å². The lowest BCUT2D eigenvalue weighted by Gasteiger charge is -2.19. The molecule has 3 aromatic rings. The lowest BCUT2D eigenvalue weighted by atomic mass is 9.84. The second-order valence-electron chi connectivity index (χ2n) is 6.08. The molecule has 0 atom stereocenters. The molecule has 110 valence electrons. The van der Waals surface area contributed by atoms with Crippen LogP contribution >= 0.6 is 0 Å². The zero-order chi connectivity index (χ0) is 15.4. The Balaban J connectivity index is 2.06. The van der Waals surface area contributed by atoms with Gasteiger partial charge in [0.15, 0.2) is 0 Å². The summed E-state index contributed by atoms with van der Waals surface area (Å²) in [7, 11) is 0. The molecule has 0 saturated carbocycles. The number of hydrogen-bond donors (Lipinski definition) is 0. The lowest BCUT2D eigenvalue weighted by molar-refractivity contribution is 0.862. The topological polar surface area (TPSA) is 0 Å². The van der Waals surface area contributed by atoms with Crippen LogP contribution in [0.15, 0.2) is 84.9 Å². The molecule has 3 rings (SSSR count). The van der Waals surface area contributed by atoms with Crippen molar-refractivity contribution in [3.05, 3.63) is 107 Å². The first kappa shape index (κ1) is 14.6. The van der Waals surface area contributed by atoms with E-state index in [1.165, 1.54) is 22.3 Å². The zero-order valence-corrected chi connectivity index (χ0v) is 13.2. The molecule has 0 aromatic heterocycles. The van der Waals surface area contributed by atoms with Gasteiger partial charge in [-0.2, -0.15) is 0 Å². The van der Waals surface area contributed by atoms with Crippen molar-refractivity contribution >= 4 is 0 Å². The molecule has 0 nitrogen and oxygen atoms in total. The fraction of sp³-hybridized carbons (Fsp3) is 0.182. The highest BCUT2D eigenvalue weighted by Crippen LogP contribution is 2.32. The van der Waals surface area contributed by atoms with Crippen LogP contribution in [0.2, 0.25) is 0 Å². The summed E-state index contributed by atoms with van der Waals surface area (Å²) in [5, 5.41) is 0. The number of rotatable bonds is 4. The minimum absolute atomic E-state index is 0.295. The second kappa shape index (κ2) is 6.62. The Morgan fingerprint density at radius 1 is 0.455 bits per heavy atom. The van der Waals surface area contributed by atoms with E-state index in [-0.39, 0.29) is 0 Å². The Kier molecular flexibility index (Phi) is 4.39. The standard InChI is InChI=1S/C22H22/c1-17(2)18-13-15-21(16-14-18)22(19-9-5-3-6-10-19)20-11-7-4-8-12-20/h3-17,22H,1-2H3. The summed E-state index contributed by atoms with van der Waals surface area (Å²) in [6.07, 6.45) is 0. The summed E-state index contributed by atoms with van der Waals surface area (Å²) in [5.74, 6) is 0.865. The van der Waals surface area contributed by atoms with Gasteiger partial charge in [-0.15, -0.1) is 0 Å². The molecular weight excluding hydrogens is 264 g/mol. The van der Waals surface area contributed by atoms with Crippen LogP contribution in [0, 0.1) is 0 Å². The average molecular weight is 286 g/mol. The van der Waals surface area contributed by atoms with E-state index in [1.807, 2.05) is 0 Å². The molecule has 0 aliphatic carbocycles. The van der Waals surface area contributed by atoms with E-state index in [1.54, 1.807) is 0 Å². The summed E-state index contributed by atoms with van der Waals surface area (Å²) < 4.78 is 0. The molecule has 3 aromatic carbocycles. The average Bonchev–Trinajstić information content (AvgIpc) is 2.57. The van der Waals surface area contributed by atoms with E-state index >= 15 is 0 Å². The van der Waals surface area contributed by atoms with Crippen molar-refractivity contribution in [2.75, 3.05) is 0 Å². The fourth-order valence-electron chi connectivity index (χ4n) is 2.94. The van der Waals surface area contributed by atoms with Crippen molar-refractivity contribution in [1.29, 1.82) is 0 Å². The van der Waals surface area contributed by atoms with Crippen LogP contribution in [0.1, 0.15) is 47.9 Å². The van der Waals surface area contributed by atoms with E-state index < -0.39 is 0 Å². The van der Waals surface area contributed by atoms with Crippen LogP contribution < -0.4 is 0 Å². The van der Waals surface area contributed by atoms with E-state index in [0.717, 1.165) is 0 Å². The summed E-state index contributed by atoms with van der Waals surface area (Å²) >= 11 is 0. The van der Waals surface area contributed by atoms with Gasteiger partial charge in [-0.3, -0.25) is 0 Å². The van der Waals surface area contributed by atoms with Crippen LogP contribution in [0.5, 0.6) is 0 Å². The van der Waals surface area contributed by atoms with Crippen molar-refractivity contribution < 1.29 is 0 Å². The Bertz CT molecular complexity index is 655. The molecule has 0 aliphatic heterocycles. The van der Waals surface area contributed by atoms with E-state index in [0.29, 0.717) is 11.8 Å². The zero-order valence-electron chi connectivity index (χ0n) is 13.2. The maximum absolute atomic E-state index is 2.28. The van der Waals surface area contributed by atoms with Gasteiger partial charge in [-0.05, 0) is 28.2 Å². The highest BCUT2D eigenvalue weighted by atomic mass is 14.2. The third-order valence-electron chi connectivity index (χ3n) is 4.20. The maximum Gasteiger partial charge on any atom is 0.0339 e. The largest absolute Gasteiger partial charge is 0.0622 e. The van der Waals surface area contributed by atoms with Crippen molar-refractivity contribution in [3.63, 3.8) is 0 Å². The smallest absolute Gasteiger partial charge is 0.0339 e. The molecular formula is C22H22. The van der Waals surface area contributed by atoms with Crippen LogP contribution in [0.25, 0.3) is 0 Å². The van der Waals surface area contributed by atoms with Crippen LogP contribution in [0.3, 0.4) is 0 Å². The molecule has 0 heteroatoms. The van der Waals surface area contributed by atoms with Gasteiger partial charge in [0.1, 0.15) is 0 Å². The molecule has 22 heavy (non-hydrogen) atoms. The SMILES string of the molecule is CC(C)c1ccc(C(c2ccccc2)c2ccccc2)cc1. The molecule has 0 bridgehead atoms. The summed E-state index contributed by atoms with van der Waals surface area (Å²) in [4.78, 5) is 0. The molecule has 0 fully saturated rings. The number of benzene rings is 3. The third-order valence-corrected chi connectivity index (χ3v) is 4.20. The molecule has 0 spiro atoms. The van der Waals surface area contributed by atoms with Crippen LogP contribution in [-0.2, 0) is 0 Å². The molecule has 0 amide bonds. The van der Waals surface area contributed by atoms with Gasteiger partial charge in [-0.25, -0.2) is 0 Å². The number of hydrogen-bond acceptors (Lipinski definition) is 0. The van der Waals surface area contributed by atoms with Gasteiger partial charge in [0, 0.05) is 5.92 Å². The van der Waals surface area contributed by atoms with Crippen LogP contribution in [-0.4, -0.2) is 0 Å². The molecule has 0 aliphatic rings. The summed E-state index contributed by atoms with van der Waals surface area (Å²) in [6.45, 7) is 4.47. The van der Waals surface area contributed by atoms with Gasteiger partial charge >= 0.3 is 0 Å². The lowest BCUT2D eigenvalue weighted by Crippen LogP contribution is -2.03. The highest BCUT2D eigenvalue weighted by molar-refractivity contribution is 5.43. The summed E-state index contributed by atoms with van der Waals surface area (Å²) in [6, 6.07) is 30.6. The molecule has 0 unspecified atom stereocenters. The monoisotopic (exact) mass is 286 g/mol. The Morgan fingerprint density at radius 3 is 1.23 bits per heavy atom. The van der Waals surface area contributed by atoms with Gasteiger partial charge in [0.2, 0.25) is 0 Å². The fourth-order valence-corrected chi connectivity index (χ4v) is 2.94. The first-order valence-electron chi connectivity index (χ1n) is 7.95. The Hall–Kier alpha value is -2.34. The van der Waals surface area contributed by atoms with E-state index in [4.69, 9.17) is 0 Å². The van der Waals surface area contributed by atoms with Gasteiger partial charge in [-0.1, -0.05) is 98.8 Å². The molecule has 0 saturated heterocycles. The summed E-state index contributed by atoms with van der Waals surface area (Å²) in [5.41, 5.74) is 5.42. The van der Waals surface area contributed by atoms with Crippen molar-refractivity contribution in [3.8, 4) is 0 Å². The van der Waals surface area contributed by atoms with Crippen LogP contribution in [0.4, 0.5) is 0 Å². The Labute approximate surface area is 133 Å².